The van der Waals surface area contributed by atoms with Crippen LogP contribution >= 0.6 is 0 Å². The number of nitrogens with one attached hydrogen (secondary N) is 2. The fourth-order valence-electron chi connectivity index (χ4n) is 2.72. The Morgan fingerprint density at radius 2 is 1.96 bits per heavy atom. The quantitative estimate of drug-likeness (QED) is 0.645. The second kappa shape index (κ2) is 7.81. The number of aliphatic hydroxyl groups is 1. The van der Waals surface area contributed by atoms with E-state index in [0.29, 0.717) is 12.1 Å². The van der Waals surface area contributed by atoms with Gasteiger partial charge in [-0.3, -0.25) is 0 Å². The number of carbonyl (C=O) groups excluding carboxylic acids is 1. The van der Waals surface area contributed by atoms with Crippen LogP contribution in [0.4, 0.5) is 10.5 Å². The molecule has 130 valence electrons. The van der Waals surface area contributed by atoms with Crippen LogP contribution in [0, 0.1) is 0 Å². The fraction of sp³-hybridized carbons (Fsp3) is 0.263. The number of fused-ring (bicyclic) bond motifs is 1. The second-order valence-electron chi connectivity index (χ2n) is 6.03. The molecule has 0 unspecified atom stereocenters. The zero-order chi connectivity index (χ0) is 17.6. The Kier molecular flexibility index (Phi) is 5.30. The number of carbonyl (C=O) groups is 1. The van der Waals surface area contributed by atoms with Crippen molar-refractivity contribution < 1.29 is 9.90 Å². The second-order valence-corrected chi connectivity index (χ2v) is 6.03. The zero-order valence-electron chi connectivity index (χ0n) is 14.1. The molecule has 2 amide bonds. The Labute approximate surface area is 146 Å². The van der Waals surface area contributed by atoms with Gasteiger partial charge in [-0.25, -0.2) is 9.48 Å². The van der Waals surface area contributed by atoms with Gasteiger partial charge in [0.05, 0.1) is 17.4 Å². The van der Waals surface area contributed by atoms with Crippen molar-refractivity contribution in [3.63, 3.8) is 0 Å². The summed E-state index contributed by atoms with van der Waals surface area (Å²) in [5.41, 5.74) is 2.69. The van der Waals surface area contributed by atoms with Gasteiger partial charge in [-0.1, -0.05) is 18.2 Å². The van der Waals surface area contributed by atoms with Gasteiger partial charge in [0, 0.05) is 23.7 Å². The number of aliphatic hydroxyl groups excluding tert-OH is 1. The summed E-state index contributed by atoms with van der Waals surface area (Å²) < 4.78 is 1.87. The summed E-state index contributed by atoms with van der Waals surface area (Å²) in [4.78, 5) is 12.0. The maximum Gasteiger partial charge on any atom is 0.319 e. The maximum absolute atomic E-state index is 12.0. The van der Waals surface area contributed by atoms with Crippen molar-refractivity contribution in [2.24, 2.45) is 0 Å². The fourth-order valence-corrected chi connectivity index (χ4v) is 2.72. The largest absolute Gasteiger partial charge is 0.396 e. The normalized spacial score (nSPS) is 12.1. The summed E-state index contributed by atoms with van der Waals surface area (Å²) in [6.07, 6.45) is 3.26. The van der Waals surface area contributed by atoms with Gasteiger partial charge in [0.25, 0.3) is 0 Å². The number of rotatable bonds is 6. The van der Waals surface area contributed by atoms with Gasteiger partial charge in [0.2, 0.25) is 0 Å². The first-order chi connectivity index (χ1) is 12.2. The molecule has 0 spiro atoms. The predicted molar refractivity (Wildman–Crippen MR) is 99.0 cm³/mol. The van der Waals surface area contributed by atoms with Gasteiger partial charge >= 0.3 is 6.03 Å². The predicted octanol–water partition coefficient (Wildman–Crippen LogP) is 3.31. The highest BCUT2D eigenvalue weighted by molar-refractivity contribution is 5.89. The summed E-state index contributed by atoms with van der Waals surface area (Å²) in [5, 5.41) is 20.0. The number of hydrogen-bond acceptors (Lipinski definition) is 3. The molecule has 25 heavy (non-hydrogen) atoms. The number of para-hydroxylation sites is 1. The van der Waals surface area contributed by atoms with E-state index < -0.39 is 0 Å². The molecule has 1 heterocycles. The molecule has 6 nitrogen and oxygen atoms in total. The zero-order valence-corrected chi connectivity index (χ0v) is 14.1. The van der Waals surface area contributed by atoms with Gasteiger partial charge in [-0.05, 0) is 50.1 Å². The van der Waals surface area contributed by atoms with Crippen LogP contribution in [0.3, 0.4) is 0 Å². The van der Waals surface area contributed by atoms with E-state index in [1.165, 1.54) is 0 Å². The molecule has 0 fully saturated rings. The van der Waals surface area contributed by atoms with E-state index >= 15 is 0 Å². The highest BCUT2D eigenvalue weighted by atomic mass is 16.3. The van der Waals surface area contributed by atoms with Crippen LogP contribution in [-0.2, 0) is 0 Å². The van der Waals surface area contributed by atoms with E-state index in [2.05, 4.69) is 15.7 Å². The van der Waals surface area contributed by atoms with E-state index in [-0.39, 0.29) is 18.7 Å². The highest BCUT2D eigenvalue weighted by Crippen LogP contribution is 2.19. The van der Waals surface area contributed by atoms with Crippen LogP contribution < -0.4 is 10.6 Å². The summed E-state index contributed by atoms with van der Waals surface area (Å²) in [6.45, 7) is 2.05. The average Bonchev–Trinajstić information content (AvgIpc) is 3.04. The van der Waals surface area contributed by atoms with Crippen LogP contribution in [0.5, 0.6) is 0 Å². The third kappa shape index (κ3) is 4.16. The molecule has 3 rings (SSSR count). The topological polar surface area (TPSA) is 79.2 Å². The Morgan fingerprint density at radius 3 is 2.72 bits per heavy atom. The molecule has 0 saturated carbocycles. The van der Waals surface area contributed by atoms with Crippen LogP contribution in [0.2, 0.25) is 0 Å². The van der Waals surface area contributed by atoms with E-state index in [1.807, 2.05) is 66.3 Å². The molecule has 3 N–H and O–H groups in total. The van der Waals surface area contributed by atoms with Crippen molar-refractivity contribution in [2.75, 3.05) is 11.9 Å². The Balaban J connectivity index is 1.65. The Hall–Kier alpha value is -2.86. The van der Waals surface area contributed by atoms with Crippen molar-refractivity contribution in [1.29, 1.82) is 0 Å². The lowest BCUT2D eigenvalue weighted by atomic mass is 10.2. The van der Waals surface area contributed by atoms with Gasteiger partial charge in [-0.2, -0.15) is 5.10 Å². The molecule has 1 aromatic heterocycles. The molecule has 3 aromatic rings. The van der Waals surface area contributed by atoms with Gasteiger partial charge in [-0.15, -0.1) is 0 Å². The van der Waals surface area contributed by atoms with Crippen molar-refractivity contribution in [3.8, 4) is 5.69 Å². The molecule has 0 aliphatic rings. The number of aromatic nitrogens is 2. The van der Waals surface area contributed by atoms with E-state index in [0.717, 1.165) is 23.0 Å². The molecule has 0 aliphatic heterocycles. The average molecular weight is 338 g/mol. The SMILES string of the molecule is C[C@@H](CCCO)NC(=O)Nc1ccc(-n2ncc3ccccc32)cc1. The standard InChI is InChI=1S/C19H22N4O2/c1-14(5-4-12-24)21-19(25)22-16-8-10-17(11-9-16)23-18-7-3-2-6-15(18)13-20-23/h2-3,6-11,13-14,24H,4-5,12H2,1H3,(H2,21,22,25)/t14-/m0/s1. The summed E-state index contributed by atoms with van der Waals surface area (Å²) in [5.74, 6) is 0. The number of amides is 2. The summed E-state index contributed by atoms with van der Waals surface area (Å²) in [7, 11) is 0. The third-order valence-corrected chi connectivity index (χ3v) is 4.02. The first-order valence-corrected chi connectivity index (χ1v) is 8.39. The minimum absolute atomic E-state index is 0.0156. The van der Waals surface area contributed by atoms with Gasteiger partial charge < -0.3 is 15.7 Å². The first-order valence-electron chi connectivity index (χ1n) is 8.39. The molecular weight excluding hydrogens is 316 g/mol. The maximum atomic E-state index is 12.0. The van der Waals surface area contributed by atoms with Crippen molar-refractivity contribution in [2.45, 2.75) is 25.8 Å². The number of nitrogens with zero attached hydrogens (tertiary/aromatic N) is 2. The van der Waals surface area contributed by atoms with Gasteiger partial charge in [0.15, 0.2) is 0 Å². The molecule has 0 aliphatic carbocycles. The minimum atomic E-state index is -0.247. The van der Waals surface area contributed by atoms with Crippen LogP contribution in [0.1, 0.15) is 19.8 Å². The number of urea groups is 1. The molecule has 6 heteroatoms. The van der Waals surface area contributed by atoms with Crippen LogP contribution in [-0.4, -0.2) is 33.6 Å². The van der Waals surface area contributed by atoms with Crippen molar-refractivity contribution >= 4 is 22.6 Å². The summed E-state index contributed by atoms with van der Waals surface area (Å²) in [6, 6.07) is 15.3. The lowest BCUT2D eigenvalue weighted by Gasteiger charge is -2.14. The summed E-state index contributed by atoms with van der Waals surface area (Å²) >= 11 is 0. The highest BCUT2D eigenvalue weighted by Gasteiger charge is 2.08. The number of hydrogen-bond donors (Lipinski definition) is 3. The lowest BCUT2D eigenvalue weighted by Crippen LogP contribution is -2.36. The number of benzene rings is 2. The Morgan fingerprint density at radius 1 is 1.20 bits per heavy atom. The molecule has 0 saturated heterocycles. The molecule has 1 atom stereocenters. The third-order valence-electron chi connectivity index (χ3n) is 4.02. The smallest absolute Gasteiger partial charge is 0.319 e. The van der Waals surface area contributed by atoms with E-state index in [9.17, 15) is 4.79 Å². The molecule has 2 aromatic carbocycles. The van der Waals surface area contributed by atoms with Crippen LogP contribution in [0.25, 0.3) is 16.6 Å². The van der Waals surface area contributed by atoms with Gasteiger partial charge in [0.1, 0.15) is 0 Å². The molecular formula is C19H22N4O2. The minimum Gasteiger partial charge on any atom is -0.396 e. The molecule has 0 radical (unpaired) electrons. The molecule has 0 bridgehead atoms. The van der Waals surface area contributed by atoms with E-state index in [4.69, 9.17) is 5.11 Å². The van der Waals surface area contributed by atoms with Crippen molar-refractivity contribution in [3.05, 3.63) is 54.7 Å². The van der Waals surface area contributed by atoms with Crippen molar-refractivity contribution in [1.82, 2.24) is 15.1 Å². The Bertz CT molecular complexity index is 842. The van der Waals surface area contributed by atoms with Crippen LogP contribution in [0.15, 0.2) is 54.7 Å². The number of anilines is 1. The first kappa shape index (κ1) is 17.0. The van der Waals surface area contributed by atoms with E-state index in [1.54, 1.807) is 0 Å². The monoisotopic (exact) mass is 338 g/mol. The lowest BCUT2D eigenvalue weighted by molar-refractivity contribution is 0.245.